The summed E-state index contributed by atoms with van der Waals surface area (Å²) in [6.45, 7) is 7.72. The fraction of sp³-hybridized carbons (Fsp3) is 0.500. The molecule has 0 spiro atoms. The Balaban J connectivity index is 1.57. The van der Waals surface area contributed by atoms with E-state index in [1.165, 1.54) is 5.56 Å². The average Bonchev–Trinajstić information content (AvgIpc) is 3.02. The average molecular weight is 357 g/mol. The number of carbonyl (C=O) groups excluding carboxylic acids is 1. The highest BCUT2D eigenvalue weighted by Gasteiger charge is 2.23. The quantitative estimate of drug-likeness (QED) is 0.825. The van der Waals surface area contributed by atoms with Gasteiger partial charge in [-0.25, -0.2) is 0 Å². The Morgan fingerprint density at radius 1 is 1.27 bits per heavy atom. The topological polar surface area (TPSA) is 67.6 Å². The lowest BCUT2D eigenvalue weighted by Crippen LogP contribution is -2.37. The third kappa shape index (κ3) is 4.93. The van der Waals surface area contributed by atoms with E-state index in [4.69, 9.17) is 9.26 Å². The molecule has 6 heteroatoms. The summed E-state index contributed by atoms with van der Waals surface area (Å²) in [7, 11) is 0. The normalized spacial score (nSPS) is 16.4. The van der Waals surface area contributed by atoms with Crippen molar-refractivity contribution in [2.75, 3.05) is 26.3 Å². The van der Waals surface area contributed by atoms with Gasteiger partial charge in [0.05, 0.1) is 13.2 Å². The molecule has 1 fully saturated rings. The highest BCUT2D eigenvalue weighted by atomic mass is 16.5. The molecular weight excluding hydrogens is 330 g/mol. The number of nitrogens with zero attached hydrogens (tertiary/aromatic N) is 2. The van der Waals surface area contributed by atoms with Crippen molar-refractivity contribution in [1.29, 1.82) is 0 Å². The molecular formula is C20H27N3O3. The van der Waals surface area contributed by atoms with Crippen LogP contribution in [0.25, 0.3) is 0 Å². The van der Waals surface area contributed by atoms with Gasteiger partial charge in [-0.05, 0) is 32.3 Å². The molecule has 0 saturated carbocycles. The predicted molar refractivity (Wildman–Crippen MR) is 99.0 cm³/mol. The van der Waals surface area contributed by atoms with E-state index in [0.717, 1.165) is 44.7 Å². The second kappa shape index (κ2) is 8.96. The van der Waals surface area contributed by atoms with E-state index in [1.807, 2.05) is 32.0 Å². The Bertz CT molecular complexity index is 708. The summed E-state index contributed by atoms with van der Waals surface area (Å²) in [6, 6.07) is 10.4. The van der Waals surface area contributed by atoms with Crippen LogP contribution in [0.3, 0.4) is 0 Å². The van der Waals surface area contributed by atoms with E-state index in [2.05, 4.69) is 27.5 Å². The van der Waals surface area contributed by atoms with Crippen LogP contribution in [0.4, 0.5) is 0 Å². The Morgan fingerprint density at radius 3 is 2.73 bits per heavy atom. The third-order valence-corrected chi connectivity index (χ3v) is 4.77. The van der Waals surface area contributed by atoms with Crippen LogP contribution in [0.2, 0.25) is 0 Å². The van der Waals surface area contributed by atoms with Crippen LogP contribution in [0.1, 0.15) is 40.7 Å². The predicted octanol–water partition coefficient (Wildman–Crippen LogP) is 2.57. The molecule has 1 aromatic carbocycles. The zero-order chi connectivity index (χ0) is 18.4. The van der Waals surface area contributed by atoms with Crippen molar-refractivity contribution in [2.24, 2.45) is 0 Å². The maximum atomic E-state index is 12.7. The first kappa shape index (κ1) is 18.6. The number of nitrogens with one attached hydrogen (secondary N) is 1. The highest BCUT2D eigenvalue weighted by Crippen LogP contribution is 2.17. The molecule has 26 heavy (non-hydrogen) atoms. The van der Waals surface area contributed by atoms with Crippen molar-refractivity contribution >= 4 is 5.91 Å². The number of rotatable bonds is 7. The van der Waals surface area contributed by atoms with Gasteiger partial charge in [-0.15, -0.1) is 0 Å². The summed E-state index contributed by atoms with van der Waals surface area (Å²) in [5.41, 5.74) is 2.55. The fourth-order valence-electron chi connectivity index (χ4n) is 3.13. The maximum Gasteiger partial charge on any atom is 0.274 e. The largest absolute Gasteiger partial charge is 0.379 e. The molecule has 2 aromatic rings. The summed E-state index contributed by atoms with van der Waals surface area (Å²) < 4.78 is 10.7. The maximum absolute atomic E-state index is 12.7. The molecule has 0 radical (unpaired) electrons. The smallest absolute Gasteiger partial charge is 0.274 e. The molecule has 1 saturated heterocycles. The Morgan fingerprint density at radius 2 is 2.00 bits per heavy atom. The minimum absolute atomic E-state index is 0.0657. The van der Waals surface area contributed by atoms with Crippen LogP contribution in [-0.4, -0.2) is 48.3 Å². The lowest BCUT2D eigenvalue weighted by Gasteiger charge is -2.26. The highest BCUT2D eigenvalue weighted by molar-refractivity contribution is 5.93. The number of aryl methyl sites for hydroxylation is 2. The summed E-state index contributed by atoms with van der Waals surface area (Å²) in [5.74, 6) is 0.546. The Kier molecular flexibility index (Phi) is 6.41. The third-order valence-electron chi connectivity index (χ3n) is 4.77. The van der Waals surface area contributed by atoms with Gasteiger partial charge < -0.3 is 14.6 Å². The summed E-state index contributed by atoms with van der Waals surface area (Å²) in [4.78, 5) is 14.9. The fourth-order valence-corrected chi connectivity index (χ4v) is 3.13. The van der Waals surface area contributed by atoms with Gasteiger partial charge >= 0.3 is 0 Å². The molecule has 1 unspecified atom stereocenters. The van der Waals surface area contributed by atoms with Crippen LogP contribution in [0.5, 0.6) is 0 Å². The van der Waals surface area contributed by atoms with E-state index in [9.17, 15) is 4.79 Å². The van der Waals surface area contributed by atoms with E-state index < -0.39 is 0 Å². The van der Waals surface area contributed by atoms with Gasteiger partial charge in [0.15, 0.2) is 5.69 Å². The minimum atomic E-state index is -0.161. The van der Waals surface area contributed by atoms with Crippen LogP contribution in [0, 0.1) is 6.92 Å². The first-order chi connectivity index (χ1) is 12.6. The Hall–Kier alpha value is -2.18. The molecule has 1 amide bonds. The minimum Gasteiger partial charge on any atom is -0.379 e. The van der Waals surface area contributed by atoms with Crippen molar-refractivity contribution in [3.05, 3.63) is 52.9 Å². The molecule has 1 aromatic heterocycles. The van der Waals surface area contributed by atoms with E-state index in [0.29, 0.717) is 18.0 Å². The standard InChI is InChI=1S/C20H27N3O3/c1-15(8-9-17-6-4-3-5-7-17)21-20(24)19-18(16(2)26-22-19)14-23-10-12-25-13-11-23/h3-7,15H,8-14H2,1-2H3,(H,21,24). The summed E-state index contributed by atoms with van der Waals surface area (Å²) >= 11 is 0. The molecule has 0 bridgehead atoms. The number of benzene rings is 1. The van der Waals surface area contributed by atoms with Gasteiger partial charge in [-0.3, -0.25) is 9.69 Å². The van der Waals surface area contributed by atoms with Crippen LogP contribution in [0.15, 0.2) is 34.9 Å². The molecule has 1 aliphatic heterocycles. The molecule has 1 aliphatic rings. The first-order valence-corrected chi connectivity index (χ1v) is 9.23. The molecule has 1 N–H and O–H groups in total. The zero-order valence-electron chi connectivity index (χ0n) is 15.5. The molecule has 3 rings (SSSR count). The van der Waals surface area contributed by atoms with Gasteiger partial charge in [-0.1, -0.05) is 35.5 Å². The number of hydrogen-bond acceptors (Lipinski definition) is 5. The number of aromatic nitrogens is 1. The van der Waals surface area contributed by atoms with Crippen molar-refractivity contribution in [3.8, 4) is 0 Å². The second-order valence-corrected chi connectivity index (χ2v) is 6.85. The van der Waals surface area contributed by atoms with Crippen LogP contribution in [-0.2, 0) is 17.7 Å². The number of ether oxygens (including phenoxy) is 1. The summed E-state index contributed by atoms with van der Waals surface area (Å²) in [5, 5.41) is 7.06. The monoisotopic (exact) mass is 357 g/mol. The first-order valence-electron chi connectivity index (χ1n) is 9.23. The molecule has 2 heterocycles. The second-order valence-electron chi connectivity index (χ2n) is 6.85. The molecule has 0 aliphatic carbocycles. The van der Waals surface area contributed by atoms with Gasteiger partial charge in [-0.2, -0.15) is 0 Å². The zero-order valence-corrected chi connectivity index (χ0v) is 15.5. The number of carbonyl (C=O) groups is 1. The van der Waals surface area contributed by atoms with E-state index in [-0.39, 0.29) is 11.9 Å². The Labute approximate surface area is 154 Å². The summed E-state index contributed by atoms with van der Waals surface area (Å²) in [6.07, 6.45) is 1.81. The van der Waals surface area contributed by atoms with E-state index in [1.54, 1.807) is 0 Å². The molecule has 1 atom stereocenters. The number of amides is 1. The van der Waals surface area contributed by atoms with Gasteiger partial charge in [0.25, 0.3) is 5.91 Å². The SMILES string of the molecule is Cc1onc(C(=O)NC(C)CCc2ccccc2)c1CN1CCOCC1. The van der Waals surface area contributed by atoms with Crippen molar-refractivity contribution in [3.63, 3.8) is 0 Å². The van der Waals surface area contributed by atoms with Crippen LogP contribution >= 0.6 is 0 Å². The van der Waals surface area contributed by atoms with Crippen molar-refractivity contribution in [2.45, 2.75) is 39.3 Å². The van der Waals surface area contributed by atoms with Gasteiger partial charge in [0.2, 0.25) is 0 Å². The molecule has 6 nitrogen and oxygen atoms in total. The van der Waals surface area contributed by atoms with Crippen molar-refractivity contribution in [1.82, 2.24) is 15.4 Å². The van der Waals surface area contributed by atoms with Crippen LogP contribution < -0.4 is 5.32 Å². The lowest BCUT2D eigenvalue weighted by molar-refractivity contribution is 0.0339. The van der Waals surface area contributed by atoms with Crippen molar-refractivity contribution < 1.29 is 14.1 Å². The lowest BCUT2D eigenvalue weighted by atomic mass is 10.1. The van der Waals surface area contributed by atoms with Gasteiger partial charge in [0.1, 0.15) is 5.76 Å². The number of hydrogen-bond donors (Lipinski definition) is 1. The van der Waals surface area contributed by atoms with E-state index >= 15 is 0 Å². The molecule has 140 valence electrons. The number of morpholine rings is 1. The van der Waals surface area contributed by atoms with Gasteiger partial charge in [0, 0.05) is 31.2 Å².